The maximum atomic E-state index is 12.7. The van der Waals surface area contributed by atoms with Crippen LogP contribution < -0.4 is 10.3 Å². The van der Waals surface area contributed by atoms with Crippen LogP contribution in [-0.4, -0.2) is 56.6 Å². The second-order valence-electron chi connectivity index (χ2n) is 7.51. The van der Waals surface area contributed by atoms with Crippen LogP contribution in [0.5, 0.6) is 0 Å². The first-order valence-corrected chi connectivity index (χ1v) is 12.5. The highest BCUT2D eigenvalue weighted by Crippen LogP contribution is 2.26. The first-order chi connectivity index (χ1) is 15.3. The smallest absolute Gasteiger partial charge is 0.267 e. The van der Waals surface area contributed by atoms with E-state index in [0.717, 1.165) is 16.9 Å². The molecule has 11 heteroatoms. The van der Waals surface area contributed by atoms with Gasteiger partial charge in [0.15, 0.2) is 0 Å². The molecule has 32 heavy (non-hydrogen) atoms. The van der Waals surface area contributed by atoms with Crippen LogP contribution in [0.15, 0.2) is 45.7 Å². The van der Waals surface area contributed by atoms with Gasteiger partial charge in [-0.25, -0.2) is 13.4 Å². The van der Waals surface area contributed by atoms with Crippen molar-refractivity contribution in [2.75, 3.05) is 31.3 Å². The van der Waals surface area contributed by atoms with Gasteiger partial charge < -0.3 is 10.1 Å². The second-order valence-corrected chi connectivity index (χ2v) is 10.8. The Hall–Kier alpha value is -2.60. The molecule has 3 heterocycles. The van der Waals surface area contributed by atoms with Gasteiger partial charge in [-0.2, -0.15) is 9.41 Å². The van der Waals surface area contributed by atoms with Gasteiger partial charge in [-0.05, 0) is 36.8 Å². The second kappa shape index (κ2) is 9.49. The molecule has 0 aliphatic carbocycles. The first-order valence-electron chi connectivity index (χ1n) is 10.3. The Morgan fingerprint density at radius 3 is 2.72 bits per heavy atom. The largest absolute Gasteiger partial charge is 0.379 e. The molecule has 0 unspecified atom stereocenters. The summed E-state index contributed by atoms with van der Waals surface area (Å²) in [7, 11) is -3.56. The van der Waals surface area contributed by atoms with Crippen molar-refractivity contribution < 1.29 is 22.7 Å². The number of ether oxygens (including phenoxy) is 1. The summed E-state index contributed by atoms with van der Waals surface area (Å²) in [5.41, 5.74) is 1.88. The van der Waals surface area contributed by atoms with Crippen LogP contribution in [0, 0.1) is 6.92 Å². The van der Waals surface area contributed by atoms with Gasteiger partial charge in [-0.1, -0.05) is 12.1 Å². The van der Waals surface area contributed by atoms with Crippen molar-refractivity contribution in [3.63, 3.8) is 0 Å². The fraction of sp³-hybridized carbons (Fsp3) is 0.381. The van der Waals surface area contributed by atoms with Crippen molar-refractivity contribution in [3.8, 4) is 0 Å². The lowest BCUT2D eigenvalue weighted by molar-refractivity contribution is -0.119. The molecule has 0 spiro atoms. The molecule has 1 fully saturated rings. The molecule has 1 aromatic carbocycles. The summed E-state index contributed by atoms with van der Waals surface area (Å²) in [5.74, 6) is -0.537. The summed E-state index contributed by atoms with van der Waals surface area (Å²) >= 11 is 1.13. The Morgan fingerprint density at radius 2 is 1.97 bits per heavy atom. The van der Waals surface area contributed by atoms with E-state index in [1.54, 1.807) is 18.2 Å². The Bertz CT molecular complexity index is 1150. The number of anilines is 1. The number of aryl methyl sites for hydroxylation is 1. The van der Waals surface area contributed by atoms with E-state index in [1.165, 1.54) is 9.31 Å². The fourth-order valence-electron chi connectivity index (χ4n) is 3.45. The number of carbonyl (C=O) groups excluding carboxylic acids is 2. The molecule has 1 saturated heterocycles. The minimum Gasteiger partial charge on any atom is -0.379 e. The van der Waals surface area contributed by atoms with Crippen LogP contribution in [0.1, 0.15) is 23.3 Å². The number of amides is 2. The van der Waals surface area contributed by atoms with Crippen molar-refractivity contribution >= 4 is 44.6 Å². The molecule has 0 saturated carbocycles. The number of benzene rings is 1. The summed E-state index contributed by atoms with van der Waals surface area (Å²) in [6.45, 7) is 3.54. The van der Waals surface area contributed by atoms with Gasteiger partial charge in [0.05, 0.1) is 25.4 Å². The molecule has 1 N–H and O–H groups in total. The number of nitrogens with zero attached hydrogens (tertiary/aromatic N) is 3. The quantitative estimate of drug-likeness (QED) is 0.685. The minimum atomic E-state index is -3.56. The topological polar surface area (TPSA) is 108 Å². The predicted octanol–water partition coefficient (Wildman–Crippen LogP) is 1.88. The molecular formula is C21H24N4O5S2. The number of hydrogen-bond acceptors (Lipinski definition) is 7. The molecule has 9 nitrogen and oxygen atoms in total. The molecule has 2 amide bonds. The van der Waals surface area contributed by atoms with Crippen molar-refractivity contribution in [2.24, 2.45) is 5.10 Å². The number of carbonyl (C=O) groups is 2. The van der Waals surface area contributed by atoms with Gasteiger partial charge in [-0.15, -0.1) is 11.3 Å². The summed E-state index contributed by atoms with van der Waals surface area (Å²) in [4.78, 5) is 25.7. The van der Waals surface area contributed by atoms with Crippen molar-refractivity contribution in [2.45, 2.75) is 30.5 Å². The SMILES string of the molecule is Cc1cccc(N2N=C(C(=O)NCc3ccc(S(=O)(=O)N4CCOCC4)s3)CCC2=O)c1. The number of hydrazone groups is 1. The molecule has 2 aliphatic rings. The lowest BCUT2D eigenvalue weighted by Crippen LogP contribution is -2.40. The monoisotopic (exact) mass is 476 g/mol. The van der Waals surface area contributed by atoms with Gasteiger partial charge in [0.2, 0.25) is 5.91 Å². The average molecular weight is 477 g/mol. The fourth-order valence-corrected chi connectivity index (χ4v) is 6.31. The number of sulfonamides is 1. The Morgan fingerprint density at radius 1 is 1.19 bits per heavy atom. The zero-order chi connectivity index (χ0) is 22.7. The summed E-state index contributed by atoms with van der Waals surface area (Å²) < 4.78 is 32.4. The van der Waals surface area contributed by atoms with Crippen LogP contribution >= 0.6 is 11.3 Å². The van der Waals surface area contributed by atoms with E-state index < -0.39 is 10.0 Å². The van der Waals surface area contributed by atoms with Crippen LogP contribution in [0.3, 0.4) is 0 Å². The molecule has 2 aliphatic heterocycles. The number of thiophene rings is 1. The third-order valence-electron chi connectivity index (χ3n) is 5.17. The van der Waals surface area contributed by atoms with E-state index >= 15 is 0 Å². The molecule has 2 aromatic rings. The lowest BCUT2D eigenvalue weighted by Gasteiger charge is -2.25. The van der Waals surface area contributed by atoms with Gasteiger partial charge in [0, 0.05) is 30.8 Å². The van der Waals surface area contributed by atoms with E-state index in [2.05, 4.69) is 10.4 Å². The summed E-state index contributed by atoms with van der Waals surface area (Å²) in [5, 5.41) is 8.32. The molecule has 0 atom stereocenters. The zero-order valence-corrected chi connectivity index (χ0v) is 19.2. The Balaban J connectivity index is 1.41. The van der Waals surface area contributed by atoms with E-state index in [-0.39, 0.29) is 41.1 Å². The highest BCUT2D eigenvalue weighted by molar-refractivity contribution is 7.91. The molecular weight excluding hydrogens is 452 g/mol. The van der Waals surface area contributed by atoms with E-state index in [1.807, 2.05) is 25.1 Å². The predicted molar refractivity (Wildman–Crippen MR) is 121 cm³/mol. The first kappa shape index (κ1) is 22.6. The third-order valence-corrected chi connectivity index (χ3v) is 8.62. The zero-order valence-electron chi connectivity index (χ0n) is 17.6. The number of hydrogen-bond donors (Lipinski definition) is 1. The number of morpholine rings is 1. The molecule has 0 bridgehead atoms. The number of rotatable bonds is 6. The average Bonchev–Trinajstić information content (AvgIpc) is 3.28. The van der Waals surface area contributed by atoms with Crippen molar-refractivity contribution in [1.29, 1.82) is 0 Å². The van der Waals surface area contributed by atoms with Gasteiger partial charge in [-0.3, -0.25) is 9.59 Å². The maximum Gasteiger partial charge on any atom is 0.267 e. The van der Waals surface area contributed by atoms with E-state index in [9.17, 15) is 18.0 Å². The normalized spacial score (nSPS) is 17.8. The van der Waals surface area contributed by atoms with E-state index in [0.29, 0.717) is 36.9 Å². The van der Waals surface area contributed by atoms with Gasteiger partial charge in [0.25, 0.3) is 15.9 Å². The number of nitrogens with one attached hydrogen (secondary N) is 1. The Kier molecular flexibility index (Phi) is 6.70. The van der Waals surface area contributed by atoms with Crippen LogP contribution in [-0.2, 0) is 30.9 Å². The third kappa shape index (κ3) is 4.90. The molecule has 4 rings (SSSR count). The summed E-state index contributed by atoms with van der Waals surface area (Å²) in [6, 6.07) is 10.6. The standard InChI is InChI=1S/C21H24N4O5S2/c1-15-3-2-4-16(13-15)25-19(26)7-6-18(23-25)21(27)22-14-17-5-8-20(31-17)32(28,29)24-9-11-30-12-10-24/h2-5,8,13H,6-7,9-12,14H2,1H3,(H,22,27). The van der Waals surface area contributed by atoms with Crippen LogP contribution in [0.25, 0.3) is 0 Å². The van der Waals surface area contributed by atoms with Crippen molar-refractivity contribution in [1.82, 2.24) is 9.62 Å². The molecule has 1 aromatic heterocycles. The summed E-state index contributed by atoms with van der Waals surface area (Å²) in [6.07, 6.45) is 0.454. The Labute approximate surface area is 190 Å². The van der Waals surface area contributed by atoms with Gasteiger partial charge >= 0.3 is 0 Å². The van der Waals surface area contributed by atoms with Crippen LogP contribution in [0.2, 0.25) is 0 Å². The van der Waals surface area contributed by atoms with E-state index in [4.69, 9.17) is 4.74 Å². The highest BCUT2D eigenvalue weighted by Gasteiger charge is 2.28. The van der Waals surface area contributed by atoms with Crippen LogP contribution in [0.4, 0.5) is 5.69 Å². The van der Waals surface area contributed by atoms with Crippen molar-refractivity contribution in [3.05, 3.63) is 46.8 Å². The molecule has 170 valence electrons. The molecule has 0 radical (unpaired) electrons. The lowest BCUT2D eigenvalue weighted by atomic mass is 10.1. The highest BCUT2D eigenvalue weighted by atomic mass is 32.2. The minimum absolute atomic E-state index is 0.164. The van der Waals surface area contributed by atoms with Gasteiger partial charge in [0.1, 0.15) is 9.92 Å². The maximum absolute atomic E-state index is 12.7.